The molecule has 0 aromatic carbocycles. The van der Waals surface area contributed by atoms with Gasteiger partial charge in [-0.25, -0.2) is 0 Å². The number of carbonyl (C=O) groups excluding carboxylic acids is 1. The van der Waals surface area contributed by atoms with Crippen molar-refractivity contribution >= 4 is 28.8 Å². The zero-order valence-corrected chi connectivity index (χ0v) is 12.2. The Morgan fingerprint density at radius 1 is 1.59 bits per heavy atom. The van der Waals surface area contributed by atoms with Crippen molar-refractivity contribution in [2.75, 3.05) is 0 Å². The van der Waals surface area contributed by atoms with Crippen LogP contribution < -0.4 is 5.32 Å². The normalized spacial score (nSPS) is 13.4. The highest BCUT2D eigenvalue weighted by Crippen LogP contribution is 2.16. The quantitative estimate of drug-likeness (QED) is 0.789. The second kappa shape index (κ2) is 6.41. The molecule has 17 heavy (non-hydrogen) atoms. The molecular formula is C13H20ClNOS. The van der Waals surface area contributed by atoms with E-state index in [9.17, 15) is 4.79 Å². The lowest BCUT2D eigenvalue weighted by Gasteiger charge is -2.28. The summed E-state index contributed by atoms with van der Waals surface area (Å²) in [4.78, 5) is 13.1. The number of alkyl halides is 1. The first-order valence-corrected chi connectivity index (χ1v) is 7.21. The highest BCUT2D eigenvalue weighted by Gasteiger charge is 2.25. The zero-order valence-electron chi connectivity index (χ0n) is 10.6. The summed E-state index contributed by atoms with van der Waals surface area (Å²) in [6, 6.07) is 4.14. The molecule has 0 bridgehead atoms. The van der Waals surface area contributed by atoms with Gasteiger partial charge in [-0.2, -0.15) is 0 Å². The molecule has 0 fully saturated rings. The van der Waals surface area contributed by atoms with Gasteiger partial charge < -0.3 is 5.32 Å². The minimum absolute atomic E-state index is 0.0799. The van der Waals surface area contributed by atoms with Crippen LogP contribution in [-0.4, -0.2) is 16.8 Å². The molecule has 0 spiro atoms. The van der Waals surface area contributed by atoms with Crippen molar-refractivity contribution in [3.63, 3.8) is 0 Å². The Kier molecular flexibility index (Phi) is 5.47. The van der Waals surface area contributed by atoms with Crippen molar-refractivity contribution in [3.8, 4) is 0 Å². The molecule has 0 aliphatic heterocycles. The van der Waals surface area contributed by atoms with Crippen molar-refractivity contribution in [1.29, 1.82) is 0 Å². The van der Waals surface area contributed by atoms with E-state index in [1.807, 2.05) is 26.8 Å². The highest BCUT2D eigenvalue weighted by molar-refractivity contribution is 7.09. The molecule has 96 valence electrons. The second-order valence-electron chi connectivity index (χ2n) is 4.82. The molecule has 1 aromatic heterocycles. The number of carbonyl (C=O) groups is 1. The Morgan fingerprint density at radius 2 is 2.29 bits per heavy atom. The summed E-state index contributed by atoms with van der Waals surface area (Å²) in [7, 11) is 0. The molecule has 2 nitrogen and oxygen atoms in total. The molecule has 0 saturated heterocycles. The Morgan fingerprint density at radius 3 is 2.82 bits per heavy atom. The highest BCUT2D eigenvalue weighted by atomic mass is 35.5. The average Bonchev–Trinajstić information content (AvgIpc) is 2.69. The molecular weight excluding hydrogens is 254 g/mol. The second-order valence-corrected chi connectivity index (χ2v) is 6.51. The van der Waals surface area contributed by atoms with Crippen LogP contribution in [0.2, 0.25) is 0 Å². The number of hydrogen-bond acceptors (Lipinski definition) is 2. The van der Waals surface area contributed by atoms with Gasteiger partial charge in [-0.1, -0.05) is 6.07 Å². The summed E-state index contributed by atoms with van der Waals surface area (Å²) in [6.07, 6.45) is 2.42. The van der Waals surface area contributed by atoms with Gasteiger partial charge in [-0.15, -0.1) is 22.9 Å². The molecule has 1 heterocycles. The first kappa shape index (κ1) is 14.5. The van der Waals surface area contributed by atoms with Gasteiger partial charge >= 0.3 is 0 Å². The van der Waals surface area contributed by atoms with Crippen LogP contribution in [0.15, 0.2) is 17.5 Å². The summed E-state index contributed by atoms with van der Waals surface area (Å²) >= 11 is 7.76. The van der Waals surface area contributed by atoms with Crippen LogP contribution in [0.5, 0.6) is 0 Å². The molecule has 4 heteroatoms. The van der Waals surface area contributed by atoms with E-state index in [-0.39, 0.29) is 16.8 Å². The minimum atomic E-state index is -0.346. The van der Waals surface area contributed by atoms with Crippen molar-refractivity contribution in [2.24, 2.45) is 0 Å². The zero-order chi connectivity index (χ0) is 12.9. The Bertz CT molecular complexity index is 346. The van der Waals surface area contributed by atoms with Gasteiger partial charge in [0.2, 0.25) is 5.91 Å². The lowest BCUT2D eigenvalue weighted by atomic mass is 10.0. The third-order valence-electron chi connectivity index (χ3n) is 2.86. The van der Waals surface area contributed by atoms with E-state index in [0.29, 0.717) is 6.42 Å². The maximum atomic E-state index is 11.7. The standard InChI is InChI=1S/C13H20ClNOS/c1-10(14)13(2,3)15-12(16)8-4-6-11-7-5-9-17-11/h5,7,9-10H,4,6,8H2,1-3H3,(H,15,16). The first-order valence-electron chi connectivity index (χ1n) is 5.89. The fraction of sp³-hybridized carbons (Fsp3) is 0.615. The van der Waals surface area contributed by atoms with Crippen LogP contribution in [0.3, 0.4) is 0 Å². The Labute approximate surface area is 112 Å². The maximum absolute atomic E-state index is 11.7. The topological polar surface area (TPSA) is 29.1 Å². The molecule has 0 aliphatic rings. The monoisotopic (exact) mass is 273 g/mol. The third kappa shape index (κ3) is 5.09. The van der Waals surface area contributed by atoms with Crippen LogP contribution in [0.1, 0.15) is 38.5 Å². The third-order valence-corrected chi connectivity index (χ3v) is 4.34. The van der Waals surface area contributed by atoms with E-state index in [1.165, 1.54) is 4.88 Å². The van der Waals surface area contributed by atoms with E-state index in [0.717, 1.165) is 12.8 Å². The number of amides is 1. The number of aryl methyl sites for hydroxylation is 1. The first-order chi connectivity index (χ1) is 7.92. The van der Waals surface area contributed by atoms with Crippen LogP contribution in [0.25, 0.3) is 0 Å². The van der Waals surface area contributed by atoms with E-state index in [4.69, 9.17) is 11.6 Å². The van der Waals surface area contributed by atoms with E-state index in [2.05, 4.69) is 16.8 Å². The molecule has 0 radical (unpaired) electrons. The van der Waals surface area contributed by atoms with Crippen LogP contribution in [-0.2, 0) is 11.2 Å². The van der Waals surface area contributed by atoms with Crippen LogP contribution in [0, 0.1) is 0 Å². The Hall–Kier alpha value is -0.540. The molecule has 1 aromatic rings. The summed E-state index contributed by atoms with van der Waals surface area (Å²) in [6.45, 7) is 5.79. The van der Waals surface area contributed by atoms with Crippen molar-refractivity contribution in [2.45, 2.75) is 50.9 Å². The smallest absolute Gasteiger partial charge is 0.220 e. The Balaban J connectivity index is 2.26. The fourth-order valence-corrected chi connectivity index (χ4v) is 2.21. The lowest BCUT2D eigenvalue weighted by Crippen LogP contribution is -2.48. The van der Waals surface area contributed by atoms with Gasteiger partial charge in [-0.05, 0) is 45.1 Å². The van der Waals surface area contributed by atoms with Crippen molar-refractivity contribution < 1.29 is 4.79 Å². The number of rotatable bonds is 6. The summed E-state index contributed by atoms with van der Waals surface area (Å²) in [5, 5.41) is 4.95. The number of hydrogen-bond donors (Lipinski definition) is 1. The molecule has 1 unspecified atom stereocenters. The predicted octanol–water partition coefficient (Wildman–Crippen LogP) is 3.59. The van der Waals surface area contributed by atoms with Crippen LogP contribution >= 0.6 is 22.9 Å². The molecule has 1 rings (SSSR count). The average molecular weight is 274 g/mol. The van der Waals surface area contributed by atoms with Gasteiger partial charge in [0.1, 0.15) is 0 Å². The van der Waals surface area contributed by atoms with Gasteiger partial charge in [-0.3, -0.25) is 4.79 Å². The molecule has 0 saturated carbocycles. The van der Waals surface area contributed by atoms with E-state index >= 15 is 0 Å². The number of thiophene rings is 1. The van der Waals surface area contributed by atoms with Gasteiger partial charge in [0.25, 0.3) is 0 Å². The van der Waals surface area contributed by atoms with Gasteiger partial charge in [0.15, 0.2) is 0 Å². The predicted molar refractivity (Wildman–Crippen MR) is 74.8 cm³/mol. The summed E-state index contributed by atoms with van der Waals surface area (Å²) < 4.78 is 0. The van der Waals surface area contributed by atoms with E-state index < -0.39 is 0 Å². The molecule has 1 N–H and O–H groups in total. The largest absolute Gasteiger partial charge is 0.350 e. The van der Waals surface area contributed by atoms with Crippen molar-refractivity contribution in [1.82, 2.24) is 5.32 Å². The number of halogens is 1. The molecule has 1 amide bonds. The molecule has 1 atom stereocenters. The fourth-order valence-electron chi connectivity index (χ4n) is 1.40. The SMILES string of the molecule is CC(Cl)C(C)(C)NC(=O)CCCc1cccs1. The lowest BCUT2D eigenvalue weighted by molar-refractivity contribution is -0.122. The van der Waals surface area contributed by atoms with Crippen LogP contribution in [0.4, 0.5) is 0 Å². The maximum Gasteiger partial charge on any atom is 0.220 e. The summed E-state index contributed by atoms with van der Waals surface area (Å²) in [5.74, 6) is 0.0825. The minimum Gasteiger partial charge on any atom is -0.350 e. The molecule has 0 aliphatic carbocycles. The van der Waals surface area contributed by atoms with Crippen molar-refractivity contribution in [3.05, 3.63) is 22.4 Å². The van der Waals surface area contributed by atoms with Gasteiger partial charge in [0.05, 0.1) is 10.9 Å². The van der Waals surface area contributed by atoms with E-state index in [1.54, 1.807) is 11.3 Å². The summed E-state index contributed by atoms with van der Waals surface area (Å²) in [5.41, 5.74) is -0.346. The van der Waals surface area contributed by atoms with Gasteiger partial charge in [0, 0.05) is 11.3 Å². The number of nitrogens with one attached hydrogen (secondary N) is 1.